The van der Waals surface area contributed by atoms with Crippen molar-refractivity contribution < 1.29 is 9.53 Å². The van der Waals surface area contributed by atoms with Gasteiger partial charge in [0.2, 0.25) is 0 Å². The summed E-state index contributed by atoms with van der Waals surface area (Å²) in [7, 11) is 1.65. The molecule has 2 aromatic carbocycles. The zero-order valence-electron chi connectivity index (χ0n) is 15.9. The minimum atomic E-state index is -0.161. The molecule has 0 bridgehead atoms. The van der Waals surface area contributed by atoms with Crippen LogP contribution in [0, 0.1) is 0 Å². The Kier molecular flexibility index (Phi) is 5.67. The molecular formula is C22H20N4O2S. The van der Waals surface area contributed by atoms with Gasteiger partial charge in [0.25, 0.3) is 5.91 Å². The van der Waals surface area contributed by atoms with Crippen LogP contribution in [0.3, 0.4) is 0 Å². The molecule has 0 unspecified atom stereocenters. The monoisotopic (exact) mass is 404 g/mol. The van der Waals surface area contributed by atoms with Crippen LogP contribution in [0.2, 0.25) is 0 Å². The summed E-state index contributed by atoms with van der Waals surface area (Å²) in [5.74, 6) is 0.673. The molecule has 6 nitrogen and oxygen atoms in total. The smallest absolute Gasteiger partial charge is 0.257 e. The number of imidazole rings is 1. The second-order valence-corrected chi connectivity index (χ2v) is 7.62. The third-order valence-electron chi connectivity index (χ3n) is 4.49. The minimum absolute atomic E-state index is 0.161. The van der Waals surface area contributed by atoms with E-state index in [2.05, 4.69) is 15.3 Å². The lowest BCUT2D eigenvalue weighted by atomic mass is 10.1. The van der Waals surface area contributed by atoms with Gasteiger partial charge in [-0.1, -0.05) is 30.3 Å². The standard InChI is InChI=1S/C22H20N4O2S/c1-28-18-8-6-16(7-9-18)12-19-13-24-22(29-19)25-21(27)20-5-3-2-4-17(20)14-26-11-10-23-15-26/h2-11,13,15H,12,14H2,1H3,(H,24,25,27). The van der Waals surface area contributed by atoms with E-state index in [-0.39, 0.29) is 5.91 Å². The van der Waals surface area contributed by atoms with Gasteiger partial charge in [-0.15, -0.1) is 11.3 Å². The lowest BCUT2D eigenvalue weighted by Crippen LogP contribution is -2.15. The quantitative estimate of drug-likeness (QED) is 0.500. The predicted molar refractivity (Wildman–Crippen MR) is 114 cm³/mol. The summed E-state index contributed by atoms with van der Waals surface area (Å²) in [6.45, 7) is 0.587. The number of carbonyl (C=O) groups is 1. The lowest BCUT2D eigenvalue weighted by molar-refractivity contribution is 0.102. The van der Waals surface area contributed by atoms with Crippen molar-refractivity contribution in [1.29, 1.82) is 0 Å². The highest BCUT2D eigenvalue weighted by Gasteiger charge is 2.13. The molecule has 7 heteroatoms. The molecular weight excluding hydrogens is 384 g/mol. The average Bonchev–Trinajstić information content (AvgIpc) is 3.41. The van der Waals surface area contributed by atoms with E-state index in [1.165, 1.54) is 11.3 Å². The van der Waals surface area contributed by atoms with Crippen molar-refractivity contribution in [3.05, 3.63) is 95.0 Å². The zero-order chi connectivity index (χ0) is 20.1. The molecule has 0 atom stereocenters. The number of nitrogens with one attached hydrogen (secondary N) is 1. The first-order valence-electron chi connectivity index (χ1n) is 9.14. The van der Waals surface area contributed by atoms with Crippen LogP contribution in [0.25, 0.3) is 0 Å². The Hall–Kier alpha value is -3.45. The Labute approximate surface area is 172 Å². The molecule has 0 aliphatic heterocycles. The van der Waals surface area contributed by atoms with Crippen molar-refractivity contribution in [1.82, 2.24) is 14.5 Å². The number of hydrogen-bond acceptors (Lipinski definition) is 5. The predicted octanol–water partition coefficient (Wildman–Crippen LogP) is 4.24. The van der Waals surface area contributed by atoms with Crippen molar-refractivity contribution in [2.45, 2.75) is 13.0 Å². The highest BCUT2D eigenvalue weighted by atomic mass is 32.1. The van der Waals surface area contributed by atoms with Crippen LogP contribution in [0.5, 0.6) is 5.75 Å². The fourth-order valence-corrected chi connectivity index (χ4v) is 3.85. The van der Waals surface area contributed by atoms with Gasteiger partial charge in [-0.2, -0.15) is 0 Å². The largest absolute Gasteiger partial charge is 0.497 e. The molecule has 0 spiro atoms. The maximum atomic E-state index is 12.8. The molecule has 0 fully saturated rings. The second-order valence-electron chi connectivity index (χ2n) is 6.50. The maximum absolute atomic E-state index is 12.8. The van der Waals surface area contributed by atoms with E-state index in [9.17, 15) is 4.79 Å². The number of rotatable bonds is 7. The second kappa shape index (κ2) is 8.70. The van der Waals surface area contributed by atoms with Gasteiger partial charge in [-0.3, -0.25) is 10.1 Å². The molecule has 4 rings (SSSR count). The van der Waals surface area contributed by atoms with Gasteiger partial charge in [0.1, 0.15) is 5.75 Å². The van der Waals surface area contributed by atoms with Crippen molar-refractivity contribution in [2.24, 2.45) is 0 Å². The minimum Gasteiger partial charge on any atom is -0.497 e. The molecule has 4 aromatic rings. The molecule has 1 N–H and O–H groups in total. The van der Waals surface area contributed by atoms with Crippen LogP contribution in [-0.2, 0) is 13.0 Å². The number of methoxy groups -OCH3 is 1. The highest BCUT2D eigenvalue weighted by molar-refractivity contribution is 7.15. The third kappa shape index (κ3) is 4.70. The first kappa shape index (κ1) is 18.9. The Bertz CT molecular complexity index is 1090. The van der Waals surface area contributed by atoms with Crippen LogP contribution >= 0.6 is 11.3 Å². The summed E-state index contributed by atoms with van der Waals surface area (Å²) >= 11 is 1.48. The topological polar surface area (TPSA) is 69.0 Å². The highest BCUT2D eigenvalue weighted by Crippen LogP contribution is 2.23. The Balaban J connectivity index is 1.44. The Morgan fingerprint density at radius 2 is 2.00 bits per heavy atom. The average molecular weight is 404 g/mol. The molecule has 2 heterocycles. The van der Waals surface area contributed by atoms with E-state index in [1.807, 2.05) is 65.5 Å². The van der Waals surface area contributed by atoms with E-state index in [0.29, 0.717) is 17.2 Å². The van der Waals surface area contributed by atoms with Crippen molar-refractivity contribution >= 4 is 22.4 Å². The van der Waals surface area contributed by atoms with Gasteiger partial charge >= 0.3 is 0 Å². The molecule has 0 aliphatic carbocycles. The molecule has 0 saturated heterocycles. The molecule has 0 saturated carbocycles. The molecule has 2 aromatic heterocycles. The van der Waals surface area contributed by atoms with Gasteiger partial charge in [-0.25, -0.2) is 9.97 Å². The first-order valence-corrected chi connectivity index (χ1v) is 9.95. The summed E-state index contributed by atoms with van der Waals surface area (Å²) in [6, 6.07) is 15.5. The van der Waals surface area contributed by atoms with Gasteiger partial charge < -0.3 is 9.30 Å². The van der Waals surface area contributed by atoms with Crippen LogP contribution in [-0.4, -0.2) is 27.6 Å². The summed E-state index contributed by atoms with van der Waals surface area (Å²) in [5, 5.41) is 3.52. The summed E-state index contributed by atoms with van der Waals surface area (Å²) in [5.41, 5.74) is 2.73. The van der Waals surface area contributed by atoms with Crippen LogP contribution < -0.4 is 10.1 Å². The number of anilines is 1. The number of nitrogens with zero attached hydrogens (tertiary/aromatic N) is 3. The van der Waals surface area contributed by atoms with E-state index in [0.717, 1.165) is 28.2 Å². The number of aromatic nitrogens is 3. The summed E-state index contributed by atoms with van der Waals surface area (Å²) in [6.07, 6.45) is 7.90. The molecule has 146 valence electrons. The molecule has 29 heavy (non-hydrogen) atoms. The van der Waals surface area contributed by atoms with Crippen LogP contribution in [0.15, 0.2) is 73.4 Å². The van der Waals surface area contributed by atoms with Crippen molar-refractivity contribution in [3.63, 3.8) is 0 Å². The van der Waals surface area contributed by atoms with Gasteiger partial charge in [0.15, 0.2) is 5.13 Å². The molecule has 0 radical (unpaired) electrons. The molecule has 1 amide bonds. The normalized spacial score (nSPS) is 10.7. The Morgan fingerprint density at radius 1 is 1.17 bits per heavy atom. The van der Waals surface area contributed by atoms with E-state index in [4.69, 9.17) is 4.74 Å². The Morgan fingerprint density at radius 3 is 2.76 bits per heavy atom. The SMILES string of the molecule is COc1ccc(Cc2cnc(NC(=O)c3ccccc3Cn3ccnc3)s2)cc1. The van der Waals surface area contributed by atoms with Crippen LogP contribution in [0.1, 0.15) is 26.4 Å². The maximum Gasteiger partial charge on any atom is 0.257 e. The zero-order valence-corrected chi connectivity index (χ0v) is 16.7. The first-order chi connectivity index (χ1) is 14.2. The van der Waals surface area contributed by atoms with Gasteiger partial charge in [0.05, 0.1) is 13.4 Å². The summed E-state index contributed by atoms with van der Waals surface area (Å²) < 4.78 is 7.12. The summed E-state index contributed by atoms with van der Waals surface area (Å²) in [4.78, 5) is 22.3. The third-order valence-corrected chi connectivity index (χ3v) is 5.40. The van der Waals surface area contributed by atoms with Gasteiger partial charge in [0, 0.05) is 42.0 Å². The van der Waals surface area contributed by atoms with E-state index < -0.39 is 0 Å². The fraction of sp³-hybridized carbons (Fsp3) is 0.136. The number of thiazole rings is 1. The number of benzene rings is 2. The van der Waals surface area contributed by atoms with Gasteiger partial charge in [-0.05, 0) is 29.3 Å². The number of hydrogen-bond donors (Lipinski definition) is 1. The molecule has 0 aliphatic rings. The fourth-order valence-electron chi connectivity index (χ4n) is 3.01. The number of carbonyl (C=O) groups excluding carboxylic acids is 1. The van der Waals surface area contributed by atoms with E-state index >= 15 is 0 Å². The number of amides is 1. The van der Waals surface area contributed by atoms with E-state index in [1.54, 1.807) is 19.6 Å². The van der Waals surface area contributed by atoms with Crippen molar-refractivity contribution in [3.8, 4) is 5.75 Å². The number of ether oxygens (including phenoxy) is 1. The lowest BCUT2D eigenvalue weighted by Gasteiger charge is -2.09. The van der Waals surface area contributed by atoms with Crippen LogP contribution in [0.4, 0.5) is 5.13 Å². The van der Waals surface area contributed by atoms with Crippen molar-refractivity contribution in [2.75, 3.05) is 12.4 Å².